The molecule has 0 aliphatic rings. The molecule has 0 unspecified atom stereocenters. The Kier molecular flexibility index (Phi) is 5.07. The van der Waals surface area contributed by atoms with Crippen molar-refractivity contribution in [2.75, 3.05) is 18.5 Å². The molecular formula is C11H14F5N3O. The first-order valence-electron chi connectivity index (χ1n) is 5.82. The molecule has 114 valence electrons. The van der Waals surface area contributed by atoms with Crippen LogP contribution in [0.1, 0.15) is 18.9 Å². The van der Waals surface area contributed by atoms with Crippen LogP contribution in [0.25, 0.3) is 0 Å². The highest BCUT2D eigenvalue weighted by molar-refractivity contribution is 5.32. The van der Waals surface area contributed by atoms with Gasteiger partial charge in [0.15, 0.2) is 6.61 Å². The number of anilines is 1. The predicted molar refractivity (Wildman–Crippen MR) is 62.0 cm³/mol. The first kappa shape index (κ1) is 16.4. The van der Waals surface area contributed by atoms with Crippen LogP contribution < -0.4 is 10.1 Å². The Morgan fingerprint density at radius 1 is 1.25 bits per heavy atom. The van der Waals surface area contributed by atoms with Crippen LogP contribution in [0.4, 0.5) is 27.9 Å². The normalized spacial score (nSPS) is 12.3. The lowest BCUT2D eigenvalue weighted by molar-refractivity contribution is -0.290. The van der Waals surface area contributed by atoms with Crippen LogP contribution in [-0.2, 0) is 0 Å². The summed E-state index contributed by atoms with van der Waals surface area (Å²) >= 11 is 0. The number of ether oxygens (including phenoxy) is 1. The average Bonchev–Trinajstić information content (AvgIpc) is 2.35. The Hall–Kier alpha value is -1.67. The highest BCUT2D eigenvalue weighted by Gasteiger charge is 2.58. The van der Waals surface area contributed by atoms with E-state index in [0.29, 0.717) is 6.54 Å². The first-order chi connectivity index (χ1) is 9.17. The maximum absolute atomic E-state index is 12.7. The molecule has 0 aliphatic carbocycles. The van der Waals surface area contributed by atoms with Gasteiger partial charge in [-0.1, -0.05) is 6.92 Å². The highest BCUT2D eigenvalue weighted by Crippen LogP contribution is 2.35. The predicted octanol–water partition coefficient (Wildman–Crippen LogP) is 3.18. The van der Waals surface area contributed by atoms with Crippen LogP contribution in [0.2, 0.25) is 0 Å². The minimum Gasteiger partial charge on any atom is -0.471 e. The molecule has 1 heterocycles. The molecule has 0 saturated heterocycles. The van der Waals surface area contributed by atoms with Crippen molar-refractivity contribution in [1.29, 1.82) is 0 Å². The van der Waals surface area contributed by atoms with Crippen LogP contribution in [0.5, 0.6) is 5.88 Å². The third kappa shape index (κ3) is 4.17. The van der Waals surface area contributed by atoms with Gasteiger partial charge in [-0.25, -0.2) is 4.98 Å². The van der Waals surface area contributed by atoms with Gasteiger partial charge in [-0.2, -0.15) is 26.9 Å². The summed E-state index contributed by atoms with van der Waals surface area (Å²) in [6.45, 7) is 2.07. The second-order valence-corrected chi connectivity index (χ2v) is 4.10. The lowest BCUT2D eigenvalue weighted by Crippen LogP contribution is -2.42. The summed E-state index contributed by atoms with van der Waals surface area (Å²) in [5.74, 6) is -5.12. The molecule has 1 aromatic rings. The minimum atomic E-state index is -5.66. The molecule has 0 saturated carbocycles. The summed E-state index contributed by atoms with van der Waals surface area (Å²) in [5, 5.41) is 2.78. The van der Waals surface area contributed by atoms with E-state index in [1.54, 1.807) is 0 Å². The molecule has 0 fully saturated rings. The van der Waals surface area contributed by atoms with Crippen LogP contribution in [-0.4, -0.2) is 35.2 Å². The third-order valence-corrected chi connectivity index (χ3v) is 2.26. The van der Waals surface area contributed by atoms with E-state index in [1.807, 2.05) is 6.92 Å². The third-order valence-electron chi connectivity index (χ3n) is 2.26. The van der Waals surface area contributed by atoms with E-state index in [4.69, 9.17) is 0 Å². The van der Waals surface area contributed by atoms with Gasteiger partial charge in [0.2, 0.25) is 11.8 Å². The SMILES string of the molecule is CCCNc1ncc(C)c(OCC(F)(F)C(F)(F)F)n1. The maximum Gasteiger partial charge on any atom is 0.456 e. The fourth-order valence-corrected chi connectivity index (χ4v) is 1.14. The molecule has 0 aliphatic heterocycles. The van der Waals surface area contributed by atoms with Gasteiger partial charge in [-0.15, -0.1) is 0 Å². The molecule has 1 rings (SSSR count). The number of aromatic nitrogens is 2. The summed E-state index contributed by atoms with van der Waals surface area (Å²) in [6.07, 6.45) is -3.59. The molecule has 0 bridgehead atoms. The Morgan fingerprint density at radius 3 is 2.45 bits per heavy atom. The molecule has 1 N–H and O–H groups in total. The van der Waals surface area contributed by atoms with Crippen molar-refractivity contribution in [2.24, 2.45) is 0 Å². The van der Waals surface area contributed by atoms with E-state index in [-0.39, 0.29) is 17.4 Å². The zero-order valence-electron chi connectivity index (χ0n) is 10.9. The molecule has 9 heteroatoms. The minimum absolute atomic E-state index is 0.114. The molecule has 0 atom stereocenters. The van der Waals surface area contributed by atoms with Crippen molar-refractivity contribution < 1.29 is 26.7 Å². The Balaban J connectivity index is 2.77. The van der Waals surface area contributed by atoms with Gasteiger partial charge in [0.05, 0.1) is 0 Å². The van der Waals surface area contributed by atoms with Crippen molar-refractivity contribution in [3.8, 4) is 5.88 Å². The smallest absolute Gasteiger partial charge is 0.456 e. The lowest BCUT2D eigenvalue weighted by Gasteiger charge is -2.20. The summed E-state index contributed by atoms with van der Waals surface area (Å²) in [6, 6.07) is 0. The van der Waals surface area contributed by atoms with E-state index in [1.165, 1.54) is 13.1 Å². The van der Waals surface area contributed by atoms with Crippen molar-refractivity contribution in [2.45, 2.75) is 32.4 Å². The Morgan fingerprint density at radius 2 is 1.90 bits per heavy atom. The van der Waals surface area contributed by atoms with E-state index in [0.717, 1.165) is 6.42 Å². The number of nitrogens with one attached hydrogen (secondary N) is 1. The number of aryl methyl sites for hydroxylation is 1. The summed E-state index contributed by atoms with van der Waals surface area (Å²) in [7, 11) is 0. The largest absolute Gasteiger partial charge is 0.471 e. The molecule has 0 amide bonds. The molecule has 0 aromatic carbocycles. The number of alkyl halides is 5. The summed E-state index contributed by atoms with van der Waals surface area (Å²) in [4.78, 5) is 7.61. The second-order valence-electron chi connectivity index (χ2n) is 4.10. The van der Waals surface area contributed by atoms with Crippen LogP contribution >= 0.6 is 0 Å². The first-order valence-corrected chi connectivity index (χ1v) is 5.82. The standard InChI is InChI=1S/C11H14F5N3O/c1-3-4-17-9-18-5-7(2)8(19-9)20-6-10(12,13)11(14,15)16/h5H,3-4,6H2,1-2H3,(H,17,18,19). The van der Waals surface area contributed by atoms with E-state index < -0.39 is 18.7 Å². The molecule has 4 nitrogen and oxygen atoms in total. The zero-order chi connectivity index (χ0) is 15.4. The van der Waals surface area contributed by atoms with E-state index >= 15 is 0 Å². The van der Waals surface area contributed by atoms with Crippen LogP contribution in [0.3, 0.4) is 0 Å². The second kappa shape index (κ2) is 6.19. The Bertz CT molecular complexity index is 450. The molecule has 1 aromatic heterocycles. The molecule has 0 radical (unpaired) electrons. The van der Waals surface area contributed by atoms with Crippen molar-refractivity contribution in [3.63, 3.8) is 0 Å². The van der Waals surface area contributed by atoms with Gasteiger partial charge in [-0.3, -0.25) is 0 Å². The number of halogens is 5. The monoisotopic (exact) mass is 299 g/mol. The van der Waals surface area contributed by atoms with Crippen LogP contribution in [0.15, 0.2) is 6.20 Å². The van der Waals surface area contributed by atoms with Gasteiger partial charge >= 0.3 is 12.1 Å². The number of nitrogens with zero attached hydrogens (tertiary/aromatic N) is 2. The lowest BCUT2D eigenvalue weighted by atomic mass is 10.3. The molecular weight excluding hydrogens is 285 g/mol. The number of hydrogen-bond donors (Lipinski definition) is 1. The average molecular weight is 299 g/mol. The van der Waals surface area contributed by atoms with Gasteiger partial charge in [0.25, 0.3) is 0 Å². The maximum atomic E-state index is 12.7. The van der Waals surface area contributed by atoms with Crippen molar-refractivity contribution in [3.05, 3.63) is 11.8 Å². The van der Waals surface area contributed by atoms with E-state index in [2.05, 4.69) is 20.0 Å². The molecule has 20 heavy (non-hydrogen) atoms. The van der Waals surface area contributed by atoms with Gasteiger partial charge in [0, 0.05) is 18.3 Å². The van der Waals surface area contributed by atoms with Gasteiger partial charge < -0.3 is 10.1 Å². The summed E-state index contributed by atoms with van der Waals surface area (Å²) in [5.41, 5.74) is 0.269. The summed E-state index contributed by atoms with van der Waals surface area (Å²) < 4.78 is 66.0. The quantitative estimate of drug-likeness (QED) is 0.820. The topological polar surface area (TPSA) is 47.0 Å². The fraction of sp³-hybridized carbons (Fsp3) is 0.636. The zero-order valence-corrected chi connectivity index (χ0v) is 10.9. The fourth-order valence-electron chi connectivity index (χ4n) is 1.14. The van der Waals surface area contributed by atoms with E-state index in [9.17, 15) is 22.0 Å². The van der Waals surface area contributed by atoms with Crippen molar-refractivity contribution >= 4 is 5.95 Å². The van der Waals surface area contributed by atoms with Crippen LogP contribution in [0, 0.1) is 6.92 Å². The van der Waals surface area contributed by atoms with Gasteiger partial charge in [-0.05, 0) is 13.3 Å². The Labute approximate surface area is 112 Å². The van der Waals surface area contributed by atoms with Crippen molar-refractivity contribution in [1.82, 2.24) is 9.97 Å². The molecule has 0 spiro atoms. The highest BCUT2D eigenvalue weighted by atomic mass is 19.4. The number of rotatable bonds is 6. The van der Waals surface area contributed by atoms with Gasteiger partial charge in [0.1, 0.15) is 0 Å². The number of hydrogen-bond acceptors (Lipinski definition) is 4.